The zero-order valence-corrected chi connectivity index (χ0v) is 17.8. The number of rotatable bonds is 5. The predicted octanol–water partition coefficient (Wildman–Crippen LogP) is 4.04. The van der Waals surface area contributed by atoms with Crippen LogP contribution in [0.25, 0.3) is 21.6 Å². The van der Waals surface area contributed by atoms with Crippen LogP contribution in [0.3, 0.4) is 0 Å². The van der Waals surface area contributed by atoms with Crippen LogP contribution in [0.4, 0.5) is 13.2 Å². The van der Waals surface area contributed by atoms with E-state index in [1.807, 2.05) is 17.5 Å². The van der Waals surface area contributed by atoms with Crippen LogP contribution in [0.5, 0.6) is 0 Å². The fraction of sp³-hybridized carbons (Fsp3) is 0.300. The molecule has 31 heavy (non-hydrogen) atoms. The number of hydrogen-bond donors (Lipinski definition) is 1. The van der Waals surface area contributed by atoms with Gasteiger partial charge >= 0.3 is 6.18 Å². The Morgan fingerprint density at radius 2 is 2.06 bits per heavy atom. The molecule has 0 aliphatic carbocycles. The lowest BCUT2D eigenvalue weighted by Crippen LogP contribution is -2.36. The first-order valence-electron chi connectivity index (χ1n) is 9.43. The summed E-state index contributed by atoms with van der Waals surface area (Å²) in [6, 6.07) is 6.00. The average molecular weight is 448 g/mol. The summed E-state index contributed by atoms with van der Waals surface area (Å²) in [5.41, 5.74) is 1.37. The molecule has 0 spiro atoms. The summed E-state index contributed by atoms with van der Waals surface area (Å²) in [4.78, 5) is 18.7. The third kappa shape index (κ3) is 4.18. The standard InChI is InChI=1S/C20H19F3N6OS/c1-11(10-29-7-6-16(27-29)20(21,22)23)24-19(30)13-9-14(15-5-4-8-31-15)25-18-17(13)12(2)26-28(18)3/h4-9,11H,10H2,1-3H3,(H,24,30)/t11-/m0/s1. The molecule has 0 saturated carbocycles. The quantitative estimate of drug-likeness (QED) is 0.500. The van der Waals surface area contributed by atoms with Crippen LogP contribution >= 0.6 is 11.3 Å². The molecule has 162 valence electrons. The number of carbonyl (C=O) groups is 1. The molecule has 0 radical (unpaired) electrons. The molecule has 0 aliphatic rings. The molecule has 4 heterocycles. The van der Waals surface area contributed by atoms with Crippen molar-refractivity contribution in [3.05, 3.63) is 52.8 Å². The van der Waals surface area contributed by atoms with Crippen molar-refractivity contribution in [3.8, 4) is 10.6 Å². The lowest BCUT2D eigenvalue weighted by atomic mass is 10.1. The highest BCUT2D eigenvalue weighted by Gasteiger charge is 2.33. The molecule has 1 N–H and O–H groups in total. The van der Waals surface area contributed by atoms with Crippen LogP contribution in [0, 0.1) is 6.92 Å². The summed E-state index contributed by atoms with van der Waals surface area (Å²) in [5.74, 6) is -0.350. The number of aromatic nitrogens is 5. The SMILES string of the molecule is Cc1nn(C)c2nc(-c3cccs3)cc(C(=O)N[C@@H](C)Cn3ccc(C(F)(F)F)n3)c12. The molecule has 4 aromatic rings. The molecule has 11 heteroatoms. The van der Waals surface area contributed by atoms with Gasteiger partial charge in [0.15, 0.2) is 11.3 Å². The van der Waals surface area contributed by atoms with Gasteiger partial charge in [-0.05, 0) is 37.4 Å². The smallest absolute Gasteiger partial charge is 0.348 e. The maximum Gasteiger partial charge on any atom is 0.435 e. The monoisotopic (exact) mass is 448 g/mol. The number of halogens is 3. The van der Waals surface area contributed by atoms with Crippen LogP contribution in [0.1, 0.15) is 28.7 Å². The van der Waals surface area contributed by atoms with E-state index in [1.54, 1.807) is 31.6 Å². The number of alkyl halides is 3. The van der Waals surface area contributed by atoms with Gasteiger partial charge in [-0.25, -0.2) is 4.98 Å². The molecule has 1 atom stereocenters. The number of nitrogens with zero attached hydrogens (tertiary/aromatic N) is 5. The van der Waals surface area contributed by atoms with Gasteiger partial charge in [-0.2, -0.15) is 23.4 Å². The van der Waals surface area contributed by atoms with Crippen molar-refractivity contribution in [2.75, 3.05) is 0 Å². The number of thiophene rings is 1. The Morgan fingerprint density at radius 3 is 2.71 bits per heavy atom. The highest BCUT2D eigenvalue weighted by Crippen LogP contribution is 2.29. The van der Waals surface area contributed by atoms with Gasteiger partial charge in [0.2, 0.25) is 0 Å². The Labute approximate surface area is 179 Å². The van der Waals surface area contributed by atoms with Crippen molar-refractivity contribution in [3.63, 3.8) is 0 Å². The van der Waals surface area contributed by atoms with E-state index >= 15 is 0 Å². The van der Waals surface area contributed by atoms with E-state index in [4.69, 9.17) is 0 Å². The molecule has 1 amide bonds. The van der Waals surface area contributed by atoms with Crippen LogP contribution in [0.15, 0.2) is 35.8 Å². The largest absolute Gasteiger partial charge is 0.435 e. The summed E-state index contributed by atoms with van der Waals surface area (Å²) in [6.45, 7) is 3.61. The number of pyridine rings is 1. The van der Waals surface area contributed by atoms with Gasteiger partial charge in [-0.3, -0.25) is 14.2 Å². The second-order valence-electron chi connectivity index (χ2n) is 7.24. The van der Waals surface area contributed by atoms with Gasteiger partial charge in [-0.15, -0.1) is 11.3 Å². The summed E-state index contributed by atoms with van der Waals surface area (Å²) < 4.78 is 41.1. The lowest BCUT2D eigenvalue weighted by molar-refractivity contribution is -0.141. The normalized spacial score (nSPS) is 13.0. The highest BCUT2D eigenvalue weighted by molar-refractivity contribution is 7.13. The molecule has 0 unspecified atom stereocenters. The third-order valence-corrected chi connectivity index (χ3v) is 5.65. The minimum Gasteiger partial charge on any atom is -0.348 e. The number of aryl methyl sites for hydroxylation is 2. The fourth-order valence-electron chi connectivity index (χ4n) is 3.42. The van der Waals surface area contributed by atoms with Crippen molar-refractivity contribution in [2.24, 2.45) is 7.05 Å². The Morgan fingerprint density at radius 1 is 1.29 bits per heavy atom. The zero-order chi connectivity index (χ0) is 22.3. The first kappa shape index (κ1) is 21.0. The number of hydrogen-bond acceptors (Lipinski definition) is 5. The molecule has 4 aromatic heterocycles. The van der Waals surface area contributed by atoms with Crippen LogP contribution in [-0.2, 0) is 19.8 Å². The maximum absolute atomic E-state index is 13.1. The summed E-state index contributed by atoms with van der Waals surface area (Å²) in [5, 5.41) is 13.3. The highest BCUT2D eigenvalue weighted by atomic mass is 32.1. The van der Waals surface area contributed by atoms with E-state index in [9.17, 15) is 18.0 Å². The maximum atomic E-state index is 13.1. The van der Waals surface area contributed by atoms with Crippen LogP contribution in [-0.4, -0.2) is 36.5 Å². The van der Waals surface area contributed by atoms with Crippen LogP contribution in [0.2, 0.25) is 0 Å². The number of fused-ring (bicyclic) bond motifs is 1. The molecule has 7 nitrogen and oxygen atoms in total. The molecule has 0 bridgehead atoms. The summed E-state index contributed by atoms with van der Waals surface area (Å²) in [6.07, 6.45) is -3.26. The molecule has 4 rings (SSSR count). The van der Waals surface area contributed by atoms with Gasteiger partial charge in [0.1, 0.15) is 0 Å². The molecular weight excluding hydrogens is 429 g/mol. The predicted molar refractivity (Wildman–Crippen MR) is 111 cm³/mol. The second kappa shape index (κ2) is 7.80. The number of amides is 1. The Balaban J connectivity index is 1.62. The first-order chi connectivity index (χ1) is 14.6. The van der Waals surface area contributed by atoms with E-state index in [2.05, 4.69) is 20.5 Å². The molecular formula is C20H19F3N6OS. The van der Waals surface area contributed by atoms with Gasteiger partial charge in [0.25, 0.3) is 5.91 Å². The fourth-order valence-corrected chi connectivity index (χ4v) is 4.10. The first-order valence-corrected chi connectivity index (χ1v) is 10.3. The topological polar surface area (TPSA) is 77.6 Å². The molecule has 0 saturated heterocycles. The van der Waals surface area contributed by atoms with Gasteiger partial charge < -0.3 is 5.32 Å². The minimum atomic E-state index is -4.50. The average Bonchev–Trinajstić information content (AvgIpc) is 3.42. The van der Waals surface area contributed by atoms with Crippen molar-refractivity contribution in [2.45, 2.75) is 32.6 Å². The van der Waals surface area contributed by atoms with E-state index in [1.165, 1.54) is 22.2 Å². The Hall–Kier alpha value is -3.21. The van der Waals surface area contributed by atoms with E-state index in [0.29, 0.717) is 28.0 Å². The van der Waals surface area contributed by atoms with Gasteiger partial charge in [0.05, 0.1) is 33.8 Å². The van der Waals surface area contributed by atoms with Crippen molar-refractivity contribution >= 4 is 28.3 Å². The van der Waals surface area contributed by atoms with E-state index in [-0.39, 0.29) is 12.5 Å². The van der Waals surface area contributed by atoms with E-state index in [0.717, 1.165) is 10.9 Å². The summed E-state index contributed by atoms with van der Waals surface area (Å²) in [7, 11) is 1.76. The number of nitrogens with one attached hydrogen (secondary N) is 1. The molecule has 0 fully saturated rings. The summed E-state index contributed by atoms with van der Waals surface area (Å²) >= 11 is 1.51. The van der Waals surface area contributed by atoms with Gasteiger partial charge in [-0.1, -0.05) is 6.07 Å². The molecule has 0 aromatic carbocycles. The second-order valence-corrected chi connectivity index (χ2v) is 8.18. The zero-order valence-electron chi connectivity index (χ0n) is 16.9. The van der Waals surface area contributed by atoms with Gasteiger partial charge in [0, 0.05) is 19.3 Å². The third-order valence-electron chi connectivity index (χ3n) is 4.76. The van der Waals surface area contributed by atoms with E-state index < -0.39 is 17.9 Å². The Kier molecular flexibility index (Phi) is 5.29. The van der Waals surface area contributed by atoms with Crippen LogP contribution < -0.4 is 5.32 Å². The number of carbonyl (C=O) groups excluding carboxylic acids is 1. The van der Waals surface area contributed by atoms with Crippen molar-refractivity contribution in [1.29, 1.82) is 0 Å². The van der Waals surface area contributed by atoms with Crippen molar-refractivity contribution in [1.82, 2.24) is 29.9 Å². The Bertz CT molecular complexity index is 1240. The lowest BCUT2D eigenvalue weighted by Gasteiger charge is -2.15. The van der Waals surface area contributed by atoms with Crippen molar-refractivity contribution < 1.29 is 18.0 Å². The minimum absolute atomic E-state index is 0.0971. The molecule has 0 aliphatic heterocycles.